The lowest BCUT2D eigenvalue weighted by atomic mass is 10.1. The Bertz CT molecular complexity index is 516. The van der Waals surface area contributed by atoms with Crippen molar-refractivity contribution in [3.63, 3.8) is 0 Å². The van der Waals surface area contributed by atoms with Gasteiger partial charge in [0.2, 0.25) is 5.91 Å². The average molecular weight is 318 g/mol. The molecule has 0 saturated heterocycles. The van der Waals surface area contributed by atoms with Crippen molar-refractivity contribution in [2.45, 2.75) is 52.1 Å². The van der Waals surface area contributed by atoms with Gasteiger partial charge in [0, 0.05) is 25.2 Å². The molecule has 0 spiro atoms. The van der Waals surface area contributed by atoms with Crippen LogP contribution < -0.4 is 5.32 Å². The Morgan fingerprint density at radius 2 is 2.09 bits per heavy atom. The number of aliphatic hydroxyl groups excluding tert-OH is 1. The van der Waals surface area contributed by atoms with E-state index in [1.807, 2.05) is 6.92 Å². The van der Waals surface area contributed by atoms with Crippen LogP contribution in [0.2, 0.25) is 0 Å². The van der Waals surface area contributed by atoms with Crippen LogP contribution in [0.4, 0.5) is 0 Å². The maximum Gasteiger partial charge on any atom is 0.234 e. The molecule has 1 aromatic carbocycles. The minimum atomic E-state index is 0.0773. The molecule has 0 fully saturated rings. The second kappa shape index (κ2) is 8.46. The largest absolute Gasteiger partial charge is 0.396 e. The summed E-state index contributed by atoms with van der Waals surface area (Å²) in [7, 11) is 0. The van der Waals surface area contributed by atoms with Crippen molar-refractivity contribution in [1.29, 1.82) is 0 Å². The maximum atomic E-state index is 12.4. The Balaban J connectivity index is 2.04. The van der Waals surface area contributed by atoms with Crippen LogP contribution in [-0.2, 0) is 11.2 Å². The summed E-state index contributed by atoms with van der Waals surface area (Å²) in [5.74, 6) is 0.505. The summed E-state index contributed by atoms with van der Waals surface area (Å²) in [4.78, 5) is 14.6. The number of benzene rings is 1. The normalized spacial score (nSPS) is 18.3. The van der Waals surface area contributed by atoms with Crippen molar-refractivity contribution < 1.29 is 9.90 Å². The third kappa shape index (κ3) is 4.79. The van der Waals surface area contributed by atoms with E-state index in [1.165, 1.54) is 11.1 Å². The SMILES string of the molecule is CC(C)C(C)NC(=O)CN(CCCO)C1CCc2ccccc21. The topological polar surface area (TPSA) is 52.6 Å². The van der Waals surface area contributed by atoms with Gasteiger partial charge in [0.25, 0.3) is 0 Å². The number of aliphatic hydroxyl groups is 1. The lowest BCUT2D eigenvalue weighted by Gasteiger charge is -2.30. The zero-order chi connectivity index (χ0) is 16.8. The highest BCUT2D eigenvalue weighted by atomic mass is 16.3. The van der Waals surface area contributed by atoms with E-state index in [-0.39, 0.29) is 24.6 Å². The number of hydrogen-bond acceptors (Lipinski definition) is 3. The van der Waals surface area contributed by atoms with Crippen molar-refractivity contribution in [2.75, 3.05) is 19.7 Å². The first-order valence-electron chi connectivity index (χ1n) is 8.75. The maximum absolute atomic E-state index is 12.4. The van der Waals surface area contributed by atoms with Gasteiger partial charge in [0.05, 0.1) is 6.54 Å². The molecule has 2 rings (SSSR count). The first kappa shape index (κ1) is 18.0. The van der Waals surface area contributed by atoms with Crippen LogP contribution in [0, 0.1) is 5.92 Å². The smallest absolute Gasteiger partial charge is 0.234 e. The second-order valence-corrected chi connectivity index (χ2v) is 6.90. The molecule has 4 nitrogen and oxygen atoms in total. The van der Waals surface area contributed by atoms with E-state index in [2.05, 4.69) is 48.3 Å². The molecule has 0 bridgehead atoms. The number of rotatable bonds is 8. The van der Waals surface area contributed by atoms with Gasteiger partial charge in [-0.2, -0.15) is 0 Å². The lowest BCUT2D eigenvalue weighted by molar-refractivity contribution is -0.123. The van der Waals surface area contributed by atoms with Crippen molar-refractivity contribution in [3.05, 3.63) is 35.4 Å². The second-order valence-electron chi connectivity index (χ2n) is 6.90. The van der Waals surface area contributed by atoms with Gasteiger partial charge in [-0.1, -0.05) is 38.1 Å². The molecule has 0 saturated carbocycles. The number of carbonyl (C=O) groups is 1. The fourth-order valence-corrected chi connectivity index (χ4v) is 3.18. The highest BCUT2D eigenvalue weighted by Crippen LogP contribution is 2.35. The third-order valence-electron chi connectivity index (χ3n) is 4.88. The van der Waals surface area contributed by atoms with Gasteiger partial charge in [-0.05, 0) is 43.2 Å². The van der Waals surface area contributed by atoms with E-state index in [9.17, 15) is 9.90 Å². The van der Waals surface area contributed by atoms with Crippen LogP contribution >= 0.6 is 0 Å². The number of carbonyl (C=O) groups excluding carboxylic acids is 1. The molecule has 0 aromatic heterocycles. The molecule has 4 heteroatoms. The molecule has 0 heterocycles. The first-order chi connectivity index (χ1) is 11.0. The van der Waals surface area contributed by atoms with E-state index in [0.29, 0.717) is 18.9 Å². The summed E-state index contributed by atoms with van der Waals surface area (Å²) in [6, 6.07) is 8.98. The van der Waals surface area contributed by atoms with Crippen LogP contribution in [0.15, 0.2) is 24.3 Å². The van der Waals surface area contributed by atoms with Crippen LogP contribution in [0.5, 0.6) is 0 Å². The van der Waals surface area contributed by atoms with Crippen LogP contribution in [-0.4, -0.2) is 41.7 Å². The number of nitrogens with one attached hydrogen (secondary N) is 1. The fourth-order valence-electron chi connectivity index (χ4n) is 3.18. The fraction of sp³-hybridized carbons (Fsp3) is 0.632. The molecule has 23 heavy (non-hydrogen) atoms. The average Bonchev–Trinajstić information content (AvgIpc) is 2.95. The first-order valence-corrected chi connectivity index (χ1v) is 8.75. The highest BCUT2D eigenvalue weighted by Gasteiger charge is 2.28. The number of amides is 1. The zero-order valence-corrected chi connectivity index (χ0v) is 14.6. The molecular weight excluding hydrogens is 288 g/mol. The molecule has 1 amide bonds. The van der Waals surface area contributed by atoms with Gasteiger partial charge in [-0.3, -0.25) is 9.69 Å². The molecule has 0 radical (unpaired) electrons. The number of fused-ring (bicyclic) bond motifs is 1. The molecule has 2 unspecified atom stereocenters. The Morgan fingerprint density at radius 1 is 1.35 bits per heavy atom. The zero-order valence-electron chi connectivity index (χ0n) is 14.6. The van der Waals surface area contributed by atoms with Crippen LogP contribution in [0.3, 0.4) is 0 Å². The summed E-state index contributed by atoms with van der Waals surface area (Å²) < 4.78 is 0. The quantitative estimate of drug-likeness (QED) is 0.774. The molecule has 0 aliphatic heterocycles. The summed E-state index contributed by atoms with van der Waals surface area (Å²) in [6.07, 6.45) is 2.82. The number of aryl methyl sites for hydroxylation is 1. The van der Waals surface area contributed by atoms with Crippen molar-refractivity contribution in [3.8, 4) is 0 Å². The van der Waals surface area contributed by atoms with Gasteiger partial charge in [-0.15, -0.1) is 0 Å². The van der Waals surface area contributed by atoms with Crippen molar-refractivity contribution in [1.82, 2.24) is 10.2 Å². The minimum absolute atomic E-state index is 0.0773. The van der Waals surface area contributed by atoms with Gasteiger partial charge in [0.15, 0.2) is 0 Å². The van der Waals surface area contributed by atoms with Crippen LogP contribution in [0.25, 0.3) is 0 Å². The summed E-state index contributed by atoms with van der Waals surface area (Å²) in [6.45, 7) is 7.58. The van der Waals surface area contributed by atoms with E-state index in [0.717, 1.165) is 19.4 Å². The molecule has 1 aromatic rings. The Morgan fingerprint density at radius 3 is 2.78 bits per heavy atom. The van der Waals surface area contributed by atoms with Crippen LogP contribution in [0.1, 0.15) is 50.8 Å². The van der Waals surface area contributed by atoms with E-state index in [4.69, 9.17) is 0 Å². The van der Waals surface area contributed by atoms with Gasteiger partial charge in [0.1, 0.15) is 0 Å². The Labute approximate surface area is 139 Å². The predicted molar refractivity (Wildman–Crippen MR) is 93.2 cm³/mol. The lowest BCUT2D eigenvalue weighted by Crippen LogP contribution is -2.44. The van der Waals surface area contributed by atoms with E-state index in [1.54, 1.807) is 0 Å². The number of hydrogen-bond donors (Lipinski definition) is 2. The van der Waals surface area contributed by atoms with E-state index < -0.39 is 0 Å². The van der Waals surface area contributed by atoms with Crippen molar-refractivity contribution in [2.24, 2.45) is 5.92 Å². The summed E-state index contributed by atoms with van der Waals surface area (Å²) in [5, 5.41) is 12.3. The predicted octanol–water partition coefficient (Wildman–Crippen LogP) is 2.52. The number of nitrogens with zero attached hydrogens (tertiary/aromatic N) is 1. The van der Waals surface area contributed by atoms with Gasteiger partial charge in [-0.25, -0.2) is 0 Å². The third-order valence-corrected chi connectivity index (χ3v) is 4.88. The molecule has 128 valence electrons. The molecule has 2 N–H and O–H groups in total. The standard InChI is InChI=1S/C19H30N2O2/c1-14(2)15(3)20-19(23)13-21(11-6-12-22)18-10-9-16-7-4-5-8-17(16)18/h4-5,7-8,14-15,18,22H,6,9-13H2,1-3H3,(H,20,23). The van der Waals surface area contributed by atoms with E-state index >= 15 is 0 Å². The summed E-state index contributed by atoms with van der Waals surface area (Å²) in [5.41, 5.74) is 2.73. The summed E-state index contributed by atoms with van der Waals surface area (Å²) >= 11 is 0. The van der Waals surface area contributed by atoms with Gasteiger partial charge >= 0.3 is 0 Å². The molecule has 1 aliphatic carbocycles. The molecule has 2 atom stereocenters. The monoisotopic (exact) mass is 318 g/mol. The highest BCUT2D eigenvalue weighted by molar-refractivity contribution is 5.78. The molecule has 1 aliphatic rings. The minimum Gasteiger partial charge on any atom is -0.396 e. The van der Waals surface area contributed by atoms with Crippen molar-refractivity contribution >= 4 is 5.91 Å². The van der Waals surface area contributed by atoms with Gasteiger partial charge < -0.3 is 10.4 Å². The Hall–Kier alpha value is -1.39. The Kier molecular flexibility index (Phi) is 6.60. The molecular formula is C19H30N2O2.